The summed E-state index contributed by atoms with van der Waals surface area (Å²) in [5, 5.41) is 2.40. The third kappa shape index (κ3) is 3.62. The van der Waals surface area contributed by atoms with E-state index >= 15 is 0 Å². The summed E-state index contributed by atoms with van der Waals surface area (Å²) in [5.74, 6) is 0.138. The summed E-state index contributed by atoms with van der Waals surface area (Å²) >= 11 is 0. The zero-order valence-corrected chi connectivity index (χ0v) is 14.7. The van der Waals surface area contributed by atoms with E-state index in [4.69, 9.17) is 0 Å². The Morgan fingerprint density at radius 3 is 2.44 bits per heavy atom. The van der Waals surface area contributed by atoms with Gasteiger partial charge in [0.1, 0.15) is 0 Å². The molecule has 2 aliphatic rings. The Morgan fingerprint density at radius 2 is 1.64 bits per heavy atom. The van der Waals surface area contributed by atoms with Crippen molar-refractivity contribution in [3.8, 4) is 0 Å². The number of carbonyl (C=O) groups excluding carboxylic acids is 1. The highest BCUT2D eigenvalue weighted by Gasteiger charge is 2.27. The maximum Gasteiger partial charge on any atom is 0.246 e. The minimum atomic E-state index is 0.138. The molecule has 130 valence electrons. The molecule has 2 fully saturated rings. The van der Waals surface area contributed by atoms with Gasteiger partial charge in [0.05, 0.1) is 0 Å². The molecule has 1 aliphatic carbocycles. The SMILES string of the molecule is O=C(/C=C/c1cccc2ccccc12)N1CCN(C2CCCC2)CC1. The molecule has 1 amide bonds. The van der Waals surface area contributed by atoms with Gasteiger partial charge in [-0.05, 0) is 35.3 Å². The van der Waals surface area contributed by atoms with E-state index in [0.717, 1.165) is 37.8 Å². The molecule has 0 bridgehead atoms. The number of benzene rings is 2. The Morgan fingerprint density at radius 1 is 0.920 bits per heavy atom. The topological polar surface area (TPSA) is 23.6 Å². The van der Waals surface area contributed by atoms with E-state index in [2.05, 4.69) is 29.2 Å². The highest BCUT2D eigenvalue weighted by molar-refractivity contribution is 5.96. The first kappa shape index (κ1) is 16.3. The second kappa shape index (κ2) is 7.40. The molecule has 1 saturated carbocycles. The molecular formula is C22H26N2O. The van der Waals surface area contributed by atoms with Crippen LogP contribution in [-0.4, -0.2) is 47.9 Å². The molecule has 3 nitrogen and oxygen atoms in total. The third-order valence-electron chi connectivity index (χ3n) is 5.70. The van der Waals surface area contributed by atoms with Crippen LogP contribution in [0.4, 0.5) is 0 Å². The molecule has 1 aliphatic heterocycles. The van der Waals surface area contributed by atoms with E-state index in [1.54, 1.807) is 6.08 Å². The van der Waals surface area contributed by atoms with Crippen LogP contribution in [0.3, 0.4) is 0 Å². The molecule has 0 spiro atoms. The van der Waals surface area contributed by atoms with E-state index in [9.17, 15) is 4.79 Å². The molecule has 2 aromatic rings. The van der Waals surface area contributed by atoms with Crippen molar-refractivity contribution < 1.29 is 4.79 Å². The van der Waals surface area contributed by atoms with Crippen LogP contribution in [0.1, 0.15) is 31.2 Å². The largest absolute Gasteiger partial charge is 0.337 e. The first-order valence-corrected chi connectivity index (χ1v) is 9.50. The fourth-order valence-electron chi connectivity index (χ4n) is 4.24. The van der Waals surface area contributed by atoms with Gasteiger partial charge < -0.3 is 4.90 Å². The number of piperazine rings is 1. The van der Waals surface area contributed by atoms with Crippen molar-refractivity contribution in [1.82, 2.24) is 9.80 Å². The molecule has 0 atom stereocenters. The Hall–Kier alpha value is -2.13. The van der Waals surface area contributed by atoms with Gasteiger partial charge in [-0.1, -0.05) is 55.3 Å². The van der Waals surface area contributed by atoms with Gasteiger partial charge in [-0.3, -0.25) is 9.69 Å². The predicted molar refractivity (Wildman–Crippen MR) is 103 cm³/mol. The van der Waals surface area contributed by atoms with Crippen molar-refractivity contribution in [2.75, 3.05) is 26.2 Å². The Balaban J connectivity index is 1.39. The molecule has 0 N–H and O–H groups in total. The Kier molecular flexibility index (Phi) is 4.84. The van der Waals surface area contributed by atoms with E-state index in [1.807, 2.05) is 29.2 Å². The van der Waals surface area contributed by atoms with Crippen LogP contribution < -0.4 is 0 Å². The van der Waals surface area contributed by atoms with Gasteiger partial charge in [0.15, 0.2) is 0 Å². The standard InChI is InChI=1S/C22H26N2O/c25-22(24-16-14-23(15-17-24)20-9-2-3-10-20)13-12-19-8-5-7-18-6-1-4-11-21(18)19/h1,4-8,11-13,20H,2-3,9-10,14-17H2/b13-12+. The highest BCUT2D eigenvalue weighted by atomic mass is 16.2. The summed E-state index contributed by atoms with van der Waals surface area (Å²) in [7, 11) is 0. The molecule has 0 unspecified atom stereocenters. The predicted octanol–water partition coefficient (Wildman–Crippen LogP) is 3.94. The van der Waals surface area contributed by atoms with Crippen LogP contribution in [0.25, 0.3) is 16.8 Å². The van der Waals surface area contributed by atoms with E-state index in [-0.39, 0.29) is 5.91 Å². The molecule has 4 rings (SSSR count). The third-order valence-corrected chi connectivity index (χ3v) is 5.70. The van der Waals surface area contributed by atoms with E-state index < -0.39 is 0 Å². The van der Waals surface area contributed by atoms with Crippen molar-refractivity contribution in [2.45, 2.75) is 31.7 Å². The van der Waals surface area contributed by atoms with E-state index in [0.29, 0.717) is 0 Å². The fraction of sp³-hybridized carbons (Fsp3) is 0.409. The molecular weight excluding hydrogens is 308 g/mol. The van der Waals surface area contributed by atoms with Crippen molar-refractivity contribution in [1.29, 1.82) is 0 Å². The average molecular weight is 334 g/mol. The number of nitrogens with zero attached hydrogens (tertiary/aromatic N) is 2. The maximum absolute atomic E-state index is 12.6. The first-order chi connectivity index (χ1) is 12.3. The summed E-state index contributed by atoms with van der Waals surface area (Å²) in [4.78, 5) is 17.1. The number of carbonyl (C=O) groups is 1. The number of rotatable bonds is 3. The summed E-state index contributed by atoms with van der Waals surface area (Å²) < 4.78 is 0. The van der Waals surface area contributed by atoms with Gasteiger partial charge in [0.25, 0.3) is 0 Å². The lowest BCUT2D eigenvalue weighted by Crippen LogP contribution is -2.51. The molecule has 0 aromatic heterocycles. The fourth-order valence-corrected chi connectivity index (χ4v) is 4.24. The number of fused-ring (bicyclic) bond motifs is 1. The maximum atomic E-state index is 12.6. The monoisotopic (exact) mass is 334 g/mol. The zero-order chi connectivity index (χ0) is 17.1. The normalized spacial score (nSPS) is 19.9. The number of amides is 1. The molecule has 1 heterocycles. The number of hydrogen-bond donors (Lipinski definition) is 0. The van der Waals surface area contributed by atoms with Crippen molar-refractivity contribution in [3.05, 3.63) is 54.1 Å². The molecule has 25 heavy (non-hydrogen) atoms. The van der Waals surface area contributed by atoms with Crippen LogP contribution >= 0.6 is 0 Å². The highest BCUT2D eigenvalue weighted by Crippen LogP contribution is 2.24. The van der Waals surface area contributed by atoms with Gasteiger partial charge in [-0.15, -0.1) is 0 Å². The van der Waals surface area contributed by atoms with Crippen molar-refractivity contribution >= 4 is 22.8 Å². The van der Waals surface area contributed by atoms with Gasteiger partial charge in [-0.2, -0.15) is 0 Å². The molecule has 1 saturated heterocycles. The van der Waals surface area contributed by atoms with Crippen LogP contribution in [0.15, 0.2) is 48.5 Å². The van der Waals surface area contributed by atoms with Crippen LogP contribution in [0, 0.1) is 0 Å². The van der Waals surface area contributed by atoms with Crippen LogP contribution in [-0.2, 0) is 4.79 Å². The van der Waals surface area contributed by atoms with Gasteiger partial charge >= 0.3 is 0 Å². The van der Waals surface area contributed by atoms with Gasteiger partial charge in [0.2, 0.25) is 5.91 Å². The quantitative estimate of drug-likeness (QED) is 0.794. The average Bonchev–Trinajstić information content (AvgIpc) is 3.21. The lowest BCUT2D eigenvalue weighted by atomic mass is 10.0. The summed E-state index contributed by atoms with van der Waals surface area (Å²) in [6.07, 6.45) is 9.14. The summed E-state index contributed by atoms with van der Waals surface area (Å²) in [5.41, 5.74) is 1.11. The molecule has 3 heteroatoms. The lowest BCUT2D eigenvalue weighted by Gasteiger charge is -2.37. The second-order valence-corrected chi connectivity index (χ2v) is 7.20. The van der Waals surface area contributed by atoms with Crippen molar-refractivity contribution in [2.24, 2.45) is 0 Å². The zero-order valence-electron chi connectivity index (χ0n) is 14.7. The van der Waals surface area contributed by atoms with Crippen LogP contribution in [0.2, 0.25) is 0 Å². The van der Waals surface area contributed by atoms with E-state index in [1.165, 1.54) is 36.5 Å². The molecule has 0 radical (unpaired) electrons. The first-order valence-electron chi connectivity index (χ1n) is 9.50. The second-order valence-electron chi connectivity index (χ2n) is 7.20. The Labute approximate surface area is 149 Å². The van der Waals surface area contributed by atoms with Crippen molar-refractivity contribution in [3.63, 3.8) is 0 Å². The van der Waals surface area contributed by atoms with Crippen LogP contribution in [0.5, 0.6) is 0 Å². The summed E-state index contributed by atoms with van der Waals surface area (Å²) in [6.45, 7) is 3.77. The minimum Gasteiger partial charge on any atom is -0.337 e. The minimum absolute atomic E-state index is 0.138. The van der Waals surface area contributed by atoms with Gasteiger partial charge in [-0.25, -0.2) is 0 Å². The van der Waals surface area contributed by atoms with Gasteiger partial charge in [0, 0.05) is 38.3 Å². The summed E-state index contributed by atoms with van der Waals surface area (Å²) in [6, 6.07) is 15.3. The molecule has 2 aromatic carbocycles. The smallest absolute Gasteiger partial charge is 0.246 e. The Bertz CT molecular complexity index is 763. The number of hydrogen-bond acceptors (Lipinski definition) is 2. The lowest BCUT2D eigenvalue weighted by molar-refractivity contribution is -0.127.